The van der Waals surface area contributed by atoms with E-state index in [2.05, 4.69) is 36.1 Å². The van der Waals surface area contributed by atoms with E-state index in [1.807, 2.05) is 11.9 Å². The predicted molar refractivity (Wildman–Crippen MR) is 110 cm³/mol. The quantitative estimate of drug-likeness (QED) is 0.796. The molecule has 3 aliphatic heterocycles. The lowest BCUT2D eigenvalue weighted by atomic mass is 10.1. The first kappa shape index (κ1) is 18.7. The van der Waals surface area contributed by atoms with Crippen LogP contribution in [0, 0.1) is 0 Å². The van der Waals surface area contributed by atoms with Crippen LogP contribution in [0.15, 0.2) is 24.3 Å². The number of nitrogens with zero attached hydrogens (tertiary/aromatic N) is 3. The Kier molecular flexibility index (Phi) is 5.10. The summed E-state index contributed by atoms with van der Waals surface area (Å²) in [6.45, 7) is 4.95. The molecule has 1 aromatic carbocycles. The van der Waals surface area contributed by atoms with Crippen LogP contribution in [0.3, 0.4) is 0 Å². The van der Waals surface area contributed by atoms with Gasteiger partial charge in [-0.2, -0.15) is 0 Å². The van der Waals surface area contributed by atoms with Crippen LogP contribution >= 0.6 is 11.8 Å². The molecule has 0 aliphatic carbocycles. The maximum absolute atomic E-state index is 13.0. The minimum atomic E-state index is -0.312. The lowest BCUT2D eigenvalue weighted by molar-refractivity contribution is -0.143. The van der Waals surface area contributed by atoms with Crippen LogP contribution in [-0.4, -0.2) is 58.4 Å². The van der Waals surface area contributed by atoms with Gasteiger partial charge in [0, 0.05) is 44.5 Å². The Morgan fingerprint density at radius 3 is 2.63 bits per heavy atom. The van der Waals surface area contributed by atoms with Gasteiger partial charge in [-0.1, -0.05) is 12.1 Å². The molecule has 3 fully saturated rings. The van der Waals surface area contributed by atoms with Gasteiger partial charge in [0.2, 0.25) is 11.8 Å². The molecule has 0 spiro atoms. The SMILES string of the molecule is CN(Cc1ccc(N2CCCCC2)cc1)C(=O)C1CSC2(C)CCC(=O)N12. The normalized spacial score (nSPS) is 27.8. The number of likely N-dealkylation sites (N-methyl/N-ethyl adjacent to an activating group) is 1. The fourth-order valence-electron chi connectivity index (χ4n) is 4.57. The van der Waals surface area contributed by atoms with Gasteiger partial charge >= 0.3 is 0 Å². The zero-order valence-electron chi connectivity index (χ0n) is 16.3. The number of carbonyl (C=O) groups is 2. The van der Waals surface area contributed by atoms with Crippen molar-refractivity contribution in [2.24, 2.45) is 0 Å². The average molecular weight is 388 g/mol. The molecule has 0 aromatic heterocycles. The second-order valence-electron chi connectivity index (χ2n) is 8.17. The molecule has 3 heterocycles. The van der Waals surface area contributed by atoms with E-state index in [4.69, 9.17) is 0 Å². The molecule has 0 bridgehead atoms. The minimum Gasteiger partial charge on any atom is -0.372 e. The fraction of sp³-hybridized carbons (Fsp3) is 0.619. The minimum absolute atomic E-state index is 0.0570. The second-order valence-corrected chi connectivity index (χ2v) is 9.68. The Hall–Kier alpha value is -1.69. The van der Waals surface area contributed by atoms with E-state index in [-0.39, 0.29) is 22.7 Å². The van der Waals surface area contributed by atoms with Crippen molar-refractivity contribution in [1.29, 1.82) is 0 Å². The molecule has 27 heavy (non-hydrogen) atoms. The summed E-state index contributed by atoms with van der Waals surface area (Å²) in [4.78, 5) is 31.2. The van der Waals surface area contributed by atoms with Gasteiger partial charge in [-0.3, -0.25) is 9.59 Å². The van der Waals surface area contributed by atoms with Crippen LogP contribution in [0.5, 0.6) is 0 Å². The van der Waals surface area contributed by atoms with E-state index >= 15 is 0 Å². The maximum Gasteiger partial charge on any atom is 0.246 e. The van der Waals surface area contributed by atoms with Gasteiger partial charge in [0.05, 0.1) is 4.87 Å². The number of rotatable bonds is 4. The number of carbonyl (C=O) groups excluding carboxylic acids is 2. The van der Waals surface area contributed by atoms with Crippen molar-refractivity contribution in [3.63, 3.8) is 0 Å². The van der Waals surface area contributed by atoms with E-state index < -0.39 is 0 Å². The summed E-state index contributed by atoms with van der Waals surface area (Å²) in [5, 5.41) is 0. The Labute approximate surface area is 166 Å². The standard InChI is InChI=1S/C21H29N3O2S/c1-21-11-10-19(25)24(21)18(15-27-21)20(26)22(2)14-16-6-8-17(9-7-16)23-12-4-3-5-13-23/h6-9,18H,3-5,10-15H2,1-2H3. The zero-order valence-corrected chi connectivity index (χ0v) is 17.1. The summed E-state index contributed by atoms with van der Waals surface area (Å²) in [5.41, 5.74) is 2.41. The molecule has 1 aromatic rings. The molecule has 3 aliphatic rings. The highest BCUT2D eigenvalue weighted by atomic mass is 32.2. The number of anilines is 1. The Bertz CT molecular complexity index is 717. The molecule has 6 heteroatoms. The van der Waals surface area contributed by atoms with Gasteiger partial charge < -0.3 is 14.7 Å². The van der Waals surface area contributed by atoms with Crippen LogP contribution in [0.1, 0.15) is 44.6 Å². The van der Waals surface area contributed by atoms with E-state index in [1.54, 1.807) is 16.7 Å². The van der Waals surface area contributed by atoms with Crippen molar-refractivity contribution in [2.75, 3.05) is 30.8 Å². The molecular formula is C21H29N3O2S. The van der Waals surface area contributed by atoms with Crippen LogP contribution in [-0.2, 0) is 16.1 Å². The lowest BCUT2D eigenvalue weighted by Gasteiger charge is -2.32. The van der Waals surface area contributed by atoms with E-state index in [0.29, 0.717) is 18.7 Å². The molecule has 2 unspecified atom stereocenters. The Morgan fingerprint density at radius 2 is 1.93 bits per heavy atom. The highest BCUT2D eigenvalue weighted by Crippen LogP contribution is 2.47. The third-order valence-electron chi connectivity index (χ3n) is 6.18. The highest BCUT2D eigenvalue weighted by Gasteiger charge is 2.53. The molecular weight excluding hydrogens is 358 g/mol. The van der Waals surface area contributed by atoms with Crippen molar-refractivity contribution >= 4 is 29.3 Å². The number of hydrogen-bond acceptors (Lipinski definition) is 4. The molecule has 0 N–H and O–H groups in total. The first-order chi connectivity index (χ1) is 13.0. The molecule has 146 valence electrons. The van der Waals surface area contributed by atoms with Crippen LogP contribution in [0.2, 0.25) is 0 Å². The van der Waals surface area contributed by atoms with Crippen LogP contribution < -0.4 is 4.90 Å². The first-order valence-corrected chi connectivity index (χ1v) is 11.0. The van der Waals surface area contributed by atoms with Crippen molar-refractivity contribution in [3.8, 4) is 0 Å². The smallest absolute Gasteiger partial charge is 0.246 e. The van der Waals surface area contributed by atoms with Gasteiger partial charge in [0.25, 0.3) is 0 Å². The second kappa shape index (κ2) is 7.38. The van der Waals surface area contributed by atoms with Crippen LogP contribution in [0.4, 0.5) is 5.69 Å². The largest absolute Gasteiger partial charge is 0.372 e. The van der Waals surface area contributed by atoms with Gasteiger partial charge in [-0.25, -0.2) is 0 Å². The summed E-state index contributed by atoms with van der Waals surface area (Å²) in [5.74, 6) is 0.890. The average Bonchev–Trinajstić information content (AvgIpc) is 3.18. The Balaban J connectivity index is 1.39. The van der Waals surface area contributed by atoms with Crippen molar-refractivity contribution in [1.82, 2.24) is 9.80 Å². The number of thioether (sulfide) groups is 1. The van der Waals surface area contributed by atoms with E-state index in [1.165, 1.54) is 24.9 Å². The predicted octanol–water partition coefficient (Wildman–Crippen LogP) is 3.09. The first-order valence-electron chi connectivity index (χ1n) is 10.0. The molecule has 5 nitrogen and oxygen atoms in total. The summed E-state index contributed by atoms with van der Waals surface area (Å²) >= 11 is 1.75. The third kappa shape index (κ3) is 3.56. The van der Waals surface area contributed by atoms with Crippen molar-refractivity contribution < 1.29 is 9.59 Å². The number of hydrogen-bond donors (Lipinski definition) is 0. The highest BCUT2D eigenvalue weighted by molar-refractivity contribution is 8.01. The third-order valence-corrected chi connectivity index (χ3v) is 7.69. The number of benzene rings is 1. The molecule has 2 amide bonds. The fourth-order valence-corrected chi connectivity index (χ4v) is 6.00. The molecule has 3 saturated heterocycles. The van der Waals surface area contributed by atoms with Crippen molar-refractivity contribution in [2.45, 2.75) is 56.5 Å². The summed E-state index contributed by atoms with van der Waals surface area (Å²) in [6, 6.07) is 8.29. The summed E-state index contributed by atoms with van der Waals surface area (Å²) < 4.78 is 0. The molecule has 2 atom stereocenters. The Morgan fingerprint density at radius 1 is 1.22 bits per heavy atom. The van der Waals surface area contributed by atoms with Gasteiger partial charge in [0.15, 0.2) is 0 Å². The summed E-state index contributed by atoms with van der Waals surface area (Å²) in [6.07, 6.45) is 5.29. The summed E-state index contributed by atoms with van der Waals surface area (Å²) in [7, 11) is 1.85. The lowest BCUT2D eigenvalue weighted by Crippen LogP contribution is -2.50. The van der Waals surface area contributed by atoms with E-state index in [9.17, 15) is 9.59 Å². The molecule has 0 saturated carbocycles. The molecule has 4 rings (SSSR count). The number of fused-ring (bicyclic) bond motifs is 1. The van der Waals surface area contributed by atoms with E-state index in [0.717, 1.165) is 25.1 Å². The van der Waals surface area contributed by atoms with Crippen molar-refractivity contribution in [3.05, 3.63) is 29.8 Å². The molecule has 0 radical (unpaired) electrons. The maximum atomic E-state index is 13.0. The van der Waals surface area contributed by atoms with Crippen LogP contribution in [0.25, 0.3) is 0 Å². The van der Waals surface area contributed by atoms with Gasteiger partial charge in [0.1, 0.15) is 6.04 Å². The van der Waals surface area contributed by atoms with Gasteiger partial charge in [-0.05, 0) is 50.3 Å². The number of piperidine rings is 1. The zero-order chi connectivity index (χ0) is 19.0. The number of amides is 2. The van der Waals surface area contributed by atoms with Gasteiger partial charge in [-0.15, -0.1) is 11.8 Å². The topological polar surface area (TPSA) is 43.9 Å². The monoisotopic (exact) mass is 387 g/mol.